The van der Waals surface area contributed by atoms with Crippen molar-refractivity contribution in [2.24, 2.45) is 11.8 Å². The number of benzene rings is 1. The first-order valence-electron chi connectivity index (χ1n) is 10.0. The van der Waals surface area contributed by atoms with E-state index in [9.17, 15) is 10.1 Å². The highest BCUT2D eigenvalue weighted by molar-refractivity contribution is 5.98. The first kappa shape index (κ1) is 21.2. The van der Waals surface area contributed by atoms with Gasteiger partial charge >= 0.3 is 0 Å². The zero-order valence-corrected chi connectivity index (χ0v) is 17.0. The Hall–Kier alpha value is -2.06. The zero-order valence-electron chi connectivity index (χ0n) is 17.0. The van der Waals surface area contributed by atoms with Gasteiger partial charge in [0.2, 0.25) is 0 Å². The fraction of sp³-hybridized carbons (Fsp3) is 0.636. The molecule has 5 heteroatoms. The van der Waals surface area contributed by atoms with Crippen LogP contribution >= 0.6 is 0 Å². The fourth-order valence-electron chi connectivity index (χ4n) is 3.28. The number of carbonyl (C=O) groups is 1. The number of anilines is 1. The van der Waals surface area contributed by atoms with Crippen LogP contribution in [0.25, 0.3) is 0 Å². The minimum Gasteiger partial charge on any atom is -0.493 e. The lowest BCUT2D eigenvalue weighted by molar-refractivity contribution is -0.147. The lowest BCUT2D eigenvalue weighted by Crippen LogP contribution is -2.48. The second kappa shape index (κ2) is 9.75. The highest BCUT2D eigenvalue weighted by atomic mass is 16.5. The van der Waals surface area contributed by atoms with Crippen LogP contribution in [0.4, 0.5) is 5.69 Å². The molecule has 148 valence electrons. The minimum absolute atomic E-state index is 0.143. The Labute approximate surface area is 163 Å². The average Bonchev–Trinajstić information content (AvgIpc) is 2.66. The summed E-state index contributed by atoms with van der Waals surface area (Å²) in [6, 6.07) is 7.37. The van der Waals surface area contributed by atoms with Crippen molar-refractivity contribution in [1.29, 1.82) is 5.26 Å². The monoisotopic (exact) mass is 372 g/mol. The molecular weight excluding hydrogens is 340 g/mol. The molecule has 0 heterocycles. The number of nitriles is 1. The van der Waals surface area contributed by atoms with Crippen molar-refractivity contribution < 1.29 is 14.3 Å². The molecule has 2 rings (SSSR count). The predicted molar refractivity (Wildman–Crippen MR) is 107 cm³/mol. The minimum atomic E-state index is -0.790. The van der Waals surface area contributed by atoms with Gasteiger partial charge in [0.05, 0.1) is 17.9 Å². The van der Waals surface area contributed by atoms with Gasteiger partial charge < -0.3 is 14.8 Å². The maximum Gasteiger partial charge on any atom is 0.256 e. The Morgan fingerprint density at radius 2 is 2.07 bits per heavy atom. The first-order valence-corrected chi connectivity index (χ1v) is 10.0. The van der Waals surface area contributed by atoms with Crippen LogP contribution in [0.2, 0.25) is 0 Å². The van der Waals surface area contributed by atoms with Crippen LogP contribution in [0.5, 0.6) is 5.75 Å². The van der Waals surface area contributed by atoms with Gasteiger partial charge in [0.15, 0.2) is 0 Å². The maximum absolute atomic E-state index is 13.1. The number of carbonyl (C=O) groups excluding carboxylic acids is 1. The van der Waals surface area contributed by atoms with E-state index in [1.807, 2.05) is 6.92 Å². The van der Waals surface area contributed by atoms with E-state index in [0.29, 0.717) is 42.0 Å². The van der Waals surface area contributed by atoms with Crippen molar-refractivity contribution in [2.75, 3.05) is 18.5 Å². The molecule has 0 aliphatic heterocycles. The van der Waals surface area contributed by atoms with Gasteiger partial charge in [-0.3, -0.25) is 4.79 Å². The number of amides is 1. The standard InChI is InChI=1S/C22H32N2O3/c1-5-12-27-22(10-8-17(4)9-11-22)21(25)24-20-7-6-19(13-18(20)14-23)26-15-16(2)3/h6-7,13,16-17H,5,8-12,15H2,1-4H3,(H,24,25). The Bertz CT molecular complexity index is 665. The van der Waals surface area contributed by atoms with Crippen molar-refractivity contribution in [3.8, 4) is 11.8 Å². The largest absolute Gasteiger partial charge is 0.493 e. The molecule has 1 amide bonds. The summed E-state index contributed by atoms with van der Waals surface area (Å²) >= 11 is 0. The number of nitrogens with zero attached hydrogens (tertiary/aromatic N) is 1. The number of hydrogen-bond donors (Lipinski definition) is 1. The quantitative estimate of drug-likeness (QED) is 0.704. The van der Waals surface area contributed by atoms with Crippen LogP contribution in [0.15, 0.2) is 18.2 Å². The summed E-state index contributed by atoms with van der Waals surface area (Å²) in [7, 11) is 0. The van der Waals surface area contributed by atoms with Gasteiger partial charge in [-0.05, 0) is 62.1 Å². The van der Waals surface area contributed by atoms with E-state index in [0.717, 1.165) is 32.1 Å². The smallest absolute Gasteiger partial charge is 0.256 e. The van der Waals surface area contributed by atoms with Gasteiger partial charge in [0, 0.05) is 6.61 Å². The summed E-state index contributed by atoms with van der Waals surface area (Å²) in [6.07, 6.45) is 4.26. The summed E-state index contributed by atoms with van der Waals surface area (Å²) in [5.74, 6) is 1.51. The van der Waals surface area contributed by atoms with E-state index in [-0.39, 0.29) is 5.91 Å². The molecular formula is C22H32N2O3. The van der Waals surface area contributed by atoms with E-state index in [1.54, 1.807) is 18.2 Å². The molecule has 1 aliphatic rings. The van der Waals surface area contributed by atoms with Crippen molar-refractivity contribution >= 4 is 11.6 Å². The van der Waals surface area contributed by atoms with Crippen molar-refractivity contribution in [3.05, 3.63) is 23.8 Å². The fourth-order valence-corrected chi connectivity index (χ4v) is 3.28. The van der Waals surface area contributed by atoms with Gasteiger partial charge in [-0.15, -0.1) is 0 Å². The van der Waals surface area contributed by atoms with Gasteiger partial charge in [-0.25, -0.2) is 0 Å². The third-order valence-electron chi connectivity index (χ3n) is 5.02. The third kappa shape index (κ3) is 5.71. The molecule has 0 atom stereocenters. The number of ether oxygens (including phenoxy) is 2. The van der Waals surface area contributed by atoms with E-state index in [4.69, 9.17) is 9.47 Å². The number of rotatable bonds is 8. The highest BCUT2D eigenvalue weighted by Gasteiger charge is 2.42. The highest BCUT2D eigenvalue weighted by Crippen LogP contribution is 2.36. The molecule has 0 bridgehead atoms. The van der Waals surface area contributed by atoms with Crippen LogP contribution in [0, 0.1) is 23.2 Å². The molecule has 1 aromatic carbocycles. The first-order chi connectivity index (χ1) is 12.9. The van der Waals surface area contributed by atoms with E-state index < -0.39 is 5.60 Å². The molecule has 27 heavy (non-hydrogen) atoms. The number of hydrogen-bond acceptors (Lipinski definition) is 4. The second-order valence-corrected chi connectivity index (χ2v) is 8.00. The van der Waals surface area contributed by atoms with E-state index in [2.05, 4.69) is 32.2 Å². The summed E-state index contributed by atoms with van der Waals surface area (Å²) in [5.41, 5.74) is 0.124. The van der Waals surface area contributed by atoms with Crippen LogP contribution < -0.4 is 10.1 Å². The van der Waals surface area contributed by atoms with E-state index in [1.165, 1.54) is 0 Å². The molecule has 0 spiro atoms. The summed E-state index contributed by atoms with van der Waals surface area (Å²) in [6.45, 7) is 9.55. The van der Waals surface area contributed by atoms with E-state index >= 15 is 0 Å². The van der Waals surface area contributed by atoms with Gasteiger partial charge in [-0.2, -0.15) is 5.26 Å². The maximum atomic E-state index is 13.1. The lowest BCUT2D eigenvalue weighted by atomic mass is 9.78. The van der Waals surface area contributed by atoms with Crippen LogP contribution in [0.1, 0.15) is 65.4 Å². The molecule has 1 saturated carbocycles. The topological polar surface area (TPSA) is 71.3 Å². The molecule has 0 unspecified atom stereocenters. The molecule has 1 fully saturated rings. The summed E-state index contributed by atoms with van der Waals surface area (Å²) in [5, 5.41) is 12.4. The normalized spacial score (nSPS) is 22.3. The molecule has 0 aromatic heterocycles. The van der Waals surface area contributed by atoms with Crippen LogP contribution in [0.3, 0.4) is 0 Å². The third-order valence-corrected chi connectivity index (χ3v) is 5.02. The van der Waals surface area contributed by atoms with Crippen molar-refractivity contribution in [1.82, 2.24) is 0 Å². The molecule has 5 nitrogen and oxygen atoms in total. The molecule has 1 aliphatic carbocycles. The van der Waals surface area contributed by atoms with Crippen LogP contribution in [-0.4, -0.2) is 24.7 Å². The Kier molecular flexibility index (Phi) is 7.67. The van der Waals surface area contributed by atoms with Gasteiger partial charge in [0.25, 0.3) is 5.91 Å². The Morgan fingerprint density at radius 3 is 2.67 bits per heavy atom. The van der Waals surface area contributed by atoms with Crippen molar-refractivity contribution in [2.45, 2.75) is 65.4 Å². The Balaban J connectivity index is 2.15. The summed E-state index contributed by atoms with van der Waals surface area (Å²) < 4.78 is 11.7. The number of nitrogens with one attached hydrogen (secondary N) is 1. The zero-order chi connectivity index (χ0) is 19.9. The molecule has 1 N–H and O–H groups in total. The van der Waals surface area contributed by atoms with Gasteiger partial charge in [-0.1, -0.05) is 27.7 Å². The molecule has 0 saturated heterocycles. The van der Waals surface area contributed by atoms with Gasteiger partial charge in [0.1, 0.15) is 17.4 Å². The van der Waals surface area contributed by atoms with Crippen molar-refractivity contribution in [3.63, 3.8) is 0 Å². The summed E-state index contributed by atoms with van der Waals surface area (Å²) in [4.78, 5) is 13.1. The molecule has 0 radical (unpaired) electrons. The lowest BCUT2D eigenvalue weighted by Gasteiger charge is -2.38. The van der Waals surface area contributed by atoms with Crippen LogP contribution in [-0.2, 0) is 9.53 Å². The average molecular weight is 373 g/mol. The second-order valence-electron chi connectivity index (χ2n) is 8.00. The SMILES string of the molecule is CCCOC1(C(=O)Nc2ccc(OCC(C)C)cc2C#N)CCC(C)CC1. The Morgan fingerprint density at radius 1 is 1.37 bits per heavy atom. The predicted octanol–water partition coefficient (Wildman–Crippen LogP) is 4.91. The molecule has 1 aromatic rings.